The number of nitrogens with two attached hydrogens (primary N) is 1. The van der Waals surface area contributed by atoms with E-state index in [9.17, 15) is 4.79 Å². The van der Waals surface area contributed by atoms with Crippen molar-refractivity contribution in [2.24, 2.45) is 16.6 Å². The van der Waals surface area contributed by atoms with Gasteiger partial charge >= 0.3 is 0 Å². The van der Waals surface area contributed by atoms with Crippen LogP contribution in [0.4, 0.5) is 5.69 Å². The summed E-state index contributed by atoms with van der Waals surface area (Å²) < 4.78 is 10.6. The van der Waals surface area contributed by atoms with Crippen LogP contribution in [0.25, 0.3) is 0 Å². The minimum Gasteiger partial charge on any atom is -0.493 e. The van der Waals surface area contributed by atoms with Crippen LogP contribution in [0.5, 0.6) is 11.5 Å². The van der Waals surface area contributed by atoms with Gasteiger partial charge in [-0.3, -0.25) is 9.79 Å². The smallest absolute Gasteiger partial charge is 0.220 e. The number of nitrogens with zero attached hydrogens (tertiary/aromatic N) is 2. The molecular weight excluding hydrogens is 370 g/mol. The number of guanidine groups is 1. The van der Waals surface area contributed by atoms with Crippen LogP contribution in [0.2, 0.25) is 0 Å². The Bertz CT molecular complexity index is 672. The van der Waals surface area contributed by atoms with E-state index in [0.717, 1.165) is 70.1 Å². The molecule has 1 aromatic rings. The number of aliphatic imine (C=N–C) groups is 1. The first-order valence-corrected chi connectivity index (χ1v) is 10.4. The molecule has 0 unspecified atom stereocenters. The molecule has 1 amide bonds. The van der Waals surface area contributed by atoms with Crippen LogP contribution in [0.15, 0.2) is 23.2 Å². The number of piperidine rings is 1. The average Bonchev–Trinajstić information content (AvgIpc) is 2.73. The first kappa shape index (κ1) is 22.8. The van der Waals surface area contributed by atoms with Gasteiger partial charge in [0.25, 0.3) is 0 Å². The number of carbonyl (C=O) groups is 1. The summed E-state index contributed by atoms with van der Waals surface area (Å²) in [5.74, 6) is 2.02. The third kappa shape index (κ3) is 7.45. The summed E-state index contributed by atoms with van der Waals surface area (Å²) in [5.41, 5.74) is 6.28. The minimum absolute atomic E-state index is 0.0566. The van der Waals surface area contributed by atoms with Crippen molar-refractivity contribution in [2.45, 2.75) is 32.6 Å². The maximum absolute atomic E-state index is 11.2. The number of hydrogen-bond donors (Lipinski definition) is 3. The lowest BCUT2D eigenvalue weighted by Crippen LogP contribution is -2.38. The number of amides is 1. The van der Waals surface area contributed by atoms with E-state index in [1.165, 1.54) is 0 Å². The van der Waals surface area contributed by atoms with E-state index in [4.69, 9.17) is 15.2 Å². The Morgan fingerprint density at radius 2 is 1.93 bits per heavy atom. The standard InChI is InChI=1S/C21H35N5O3/c1-4-23-21(25-17-7-8-18(28-2)19(15-17)29-3)24-11-5-6-12-26-13-9-16(10-14-26)20(22)27/h7-8,15-16H,4-6,9-14H2,1-3H3,(H2,22,27)(H2,23,24,25). The number of methoxy groups -OCH3 is 2. The first-order chi connectivity index (χ1) is 14.1. The molecule has 0 saturated carbocycles. The summed E-state index contributed by atoms with van der Waals surface area (Å²) >= 11 is 0. The number of nitrogens with one attached hydrogen (secondary N) is 2. The number of rotatable bonds is 10. The predicted molar refractivity (Wildman–Crippen MR) is 117 cm³/mol. The molecule has 1 aliphatic heterocycles. The van der Waals surface area contributed by atoms with E-state index in [2.05, 4.69) is 20.5 Å². The van der Waals surface area contributed by atoms with E-state index >= 15 is 0 Å². The number of carbonyl (C=O) groups excluding carboxylic acids is 1. The fourth-order valence-corrected chi connectivity index (χ4v) is 3.44. The number of unbranched alkanes of at least 4 members (excludes halogenated alkanes) is 1. The fourth-order valence-electron chi connectivity index (χ4n) is 3.44. The van der Waals surface area contributed by atoms with Crippen LogP contribution >= 0.6 is 0 Å². The maximum atomic E-state index is 11.2. The quantitative estimate of drug-likeness (QED) is 0.313. The van der Waals surface area contributed by atoms with Crippen LogP contribution in [-0.2, 0) is 4.79 Å². The molecule has 1 heterocycles. The van der Waals surface area contributed by atoms with Gasteiger partial charge in [-0.25, -0.2) is 0 Å². The summed E-state index contributed by atoms with van der Waals surface area (Å²) in [6.07, 6.45) is 3.86. The van der Waals surface area contributed by atoms with Gasteiger partial charge in [0.05, 0.1) is 14.2 Å². The Balaban J connectivity index is 1.77. The van der Waals surface area contributed by atoms with Crippen molar-refractivity contribution in [1.29, 1.82) is 0 Å². The molecule has 8 heteroatoms. The van der Waals surface area contributed by atoms with Gasteiger partial charge in [-0.15, -0.1) is 0 Å². The van der Waals surface area contributed by atoms with E-state index < -0.39 is 0 Å². The highest BCUT2D eigenvalue weighted by molar-refractivity contribution is 5.93. The molecule has 0 atom stereocenters. The normalized spacial score (nSPS) is 15.8. The zero-order chi connectivity index (χ0) is 21.1. The molecule has 2 rings (SSSR count). The second kappa shape index (κ2) is 12.2. The van der Waals surface area contributed by atoms with Crippen molar-refractivity contribution >= 4 is 17.6 Å². The largest absolute Gasteiger partial charge is 0.493 e. The Morgan fingerprint density at radius 3 is 2.55 bits per heavy atom. The van der Waals surface area contributed by atoms with Gasteiger partial charge in [-0.05, 0) is 64.4 Å². The van der Waals surface area contributed by atoms with E-state index in [-0.39, 0.29) is 11.8 Å². The predicted octanol–water partition coefficient (Wildman–Crippen LogP) is 2.06. The van der Waals surface area contributed by atoms with E-state index in [1.54, 1.807) is 14.2 Å². The monoisotopic (exact) mass is 405 g/mol. The number of likely N-dealkylation sites (tertiary alicyclic amines) is 1. The molecule has 8 nitrogen and oxygen atoms in total. The Hall–Kier alpha value is -2.48. The van der Waals surface area contributed by atoms with Crippen molar-refractivity contribution < 1.29 is 14.3 Å². The maximum Gasteiger partial charge on any atom is 0.220 e. The Labute approximate surface area is 173 Å². The molecule has 1 aliphatic rings. The third-order valence-corrected chi connectivity index (χ3v) is 5.13. The highest BCUT2D eigenvalue weighted by Gasteiger charge is 2.22. The number of anilines is 1. The molecule has 1 saturated heterocycles. The van der Waals surface area contributed by atoms with Crippen LogP contribution in [0.3, 0.4) is 0 Å². The third-order valence-electron chi connectivity index (χ3n) is 5.13. The lowest BCUT2D eigenvalue weighted by atomic mass is 9.96. The number of primary amides is 1. The topological polar surface area (TPSA) is 101 Å². The van der Waals surface area contributed by atoms with Crippen molar-refractivity contribution in [3.8, 4) is 11.5 Å². The zero-order valence-corrected chi connectivity index (χ0v) is 17.9. The molecule has 4 N–H and O–H groups in total. The van der Waals surface area contributed by atoms with Crippen LogP contribution in [0.1, 0.15) is 32.6 Å². The summed E-state index contributed by atoms with van der Waals surface area (Å²) in [6, 6.07) is 5.69. The van der Waals surface area contributed by atoms with Gasteiger partial charge in [-0.1, -0.05) is 0 Å². The van der Waals surface area contributed by atoms with Gasteiger partial charge in [-0.2, -0.15) is 0 Å². The summed E-state index contributed by atoms with van der Waals surface area (Å²) in [6.45, 7) is 6.54. The Kier molecular flexibility index (Phi) is 9.56. The van der Waals surface area contributed by atoms with Crippen molar-refractivity contribution in [3.05, 3.63) is 18.2 Å². The van der Waals surface area contributed by atoms with Crippen molar-refractivity contribution in [3.63, 3.8) is 0 Å². The molecular formula is C21H35N5O3. The fraction of sp³-hybridized carbons (Fsp3) is 0.619. The molecule has 162 valence electrons. The second-order valence-corrected chi connectivity index (χ2v) is 7.18. The van der Waals surface area contributed by atoms with Gasteiger partial charge in [0.2, 0.25) is 5.91 Å². The SMILES string of the molecule is CCNC(=NCCCCN1CCC(C(N)=O)CC1)Nc1ccc(OC)c(OC)c1. The zero-order valence-electron chi connectivity index (χ0n) is 17.9. The molecule has 0 spiro atoms. The van der Waals surface area contributed by atoms with Crippen LogP contribution in [0, 0.1) is 5.92 Å². The van der Waals surface area contributed by atoms with E-state index in [0.29, 0.717) is 11.5 Å². The highest BCUT2D eigenvalue weighted by Crippen LogP contribution is 2.29. The average molecular weight is 406 g/mol. The molecule has 0 bridgehead atoms. The summed E-state index contributed by atoms with van der Waals surface area (Å²) in [5, 5.41) is 6.58. The van der Waals surface area contributed by atoms with E-state index in [1.807, 2.05) is 25.1 Å². The molecule has 0 aliphatic carbocycles. The van der Waals surface area contributed by atoms with Gasteiger partial charge in [0.1, 0.15) is 0 Å². The Morgan fingerprint density at radius 1 is 1.21 bits per heavy atom. The molecule has 1 fully saturated rings. The second-order valence-electron chi connectivity index (χ2n) is 7.18. The molecule has 0 aromatic heterocycles. The van der Waals surface area contributed by atoms with Crippen molar-refractivity contribution in [2.75, 3.05) is 52.3 Å². The molecule has 0 radical (unpaired) electrons. The summed E-state index contributed by atoms with van der Waals surface area (Å²) in [7, 11) is 3.24. The van der Waals surface area contributed by atoms with Gasteiger partial charge < -0.3 is 30.7 Å². The molecule has 1 aromatic carbocycles. The number of benzene rings is 1. The lowest BCUT2D eigenvalue weighted by molar-refractivity contribution is -0.123. The summed E-state index contributed by atoms with van der Waals surface area (Å²) in [4.78, 5) is 18.3. The number of ether oxygens (including phenoxy) is 2. The van der Waals surface area contributed by atoms with Gasteiger partial charge in [0.15, 0.2) is 17.5 Å². The van der Waals surface area contributed by atoms with Crippen molar-refractivity contribution in [1.82, 2.24) is 10.2 Å². The van der Waals surface area contributed by atoms with Gasteiger partial charge in [0, 0.05) is 30.8 Å². The first-order valence-electron chi connectivity index (χ1n) is 10.4. The highest BCUT2D eigenvalue weighted by atomic mass is 16.5. The van der Waals surface area contributed by atoms with Crippen LogP contribution < -0.4 is 25.8 Å². The lowest BCUT2D eigenvalue weighted by Gasteiger charge is -2.30. The number of hydrogen-bond acceptors (Lipinski definition) is 5. The molecule has 29 heavy (non-hydrogen) atoms. The van der Waals surface area contributed by atoms with Crippen LogP contribution in [-0.4, -0.2) is 63.7 Å². The minimum atomic E-state index is -0.156.